The van der Waals surface area contributed by atoms with Crippen molar-refractivity contribution in [3.05, 3.63) is 59.2 Å². The van der Waals surface area contributed by atoms with Crippen molar-refractivity contribution >= 4 is 23.3 Å². The number of carbonyl (C=O) groups is 1. The van der Waals surface area contributed by atoms with E-state index in [1.54, 1.807) is 24.3 Å². The second kappa shape index (κ2) is 9.04. The molecule has 0 aromatic heterocycles. The number of amides is 1. The molecule has 1 aliphatic heterocycles. The van der Waals surface area contributed by atoms with Crippen LogP contribution in [0.3, 0.4) is 0 Å². The van der Waals surface area contributed by atoms with Crippen LogP contribution in [0.25, 0.3) is 0 Å². The Morgan fingerprint density at radius 1 is 1.24 bits per heavy atom. The second-order valence-corrected chi connectivity index (χ2v) is 6.74. The lowest BCUT2D eigenvalue weighted by Crippen LogP contribution is -2.42. The fourth-order valence-corrected chi connectivity index (χ4v) is 3.38. The number of hydrogen-bond acceptors (Lipinski definition) is 5. The van der Waals surface area contributed by atoms with Crippen molar-refractivity contribution < 1.29 is 31.9 Å². The van der Waals surface area contributed by atoms with Crippen LogP contribution >= 0.6 is 12.2 Å². The molecule has 0 aliphatic carbocycles. The van der Waals surface area contributed by atoms with Crippen LogP contribution in [-0.2, 0) is 11.3 Å². The van der Waals surface area contributed by atoms with E-state index in [0.29, 0.717) is 11.3 Å². The average molecular weight is 425 g/mol. The van der Waals surface area contributed by atoms with Gasteiger partial charge in [-0.25, -0.2) is 13.6 Å². The van der Waals surface area contributed by atoms with Crippen LogP contribution in [0.2, 0.25) is 0 Å². The Hall–Kier alpha value is -2.94. The van der Waals surface area contributed by atoms with E-state index >= 15 is 0 Å². The maximum atomic E-state index is 14.7. The highest BCUT2D eigenvalue weighted by atomic mass is 32.1. The smallest absolute Gasteiger partial charge is 0.408 e. The van der Waals surface area contributed by atoms with Crippen molar-refractivity contribution in [3.8, 4) is 11.5 Å². The summed E-state index contributed by atoms with van der Waals surface area (Å²) in [5.41, 5.74) is 0.363. The van der Waals surface area contributed by atoms with Gasteiger partial charge in [0.2, 0.25) is 0 Å². The summed E-state index contributed by atoms with van der Waals surface area (Å²) in [6, 6.07) is 7.53. The van der Waals surface area contributed by atoms with Crippen molar-refractivity contribution in [2.75, 3.05) is 20.7 Å². The first-order chi connectivity index (χ1) is 15.1. The third kappa shape index (κ3) is 4.73. The molecule has 9 heteroatoms. The highest BCUT2D eigenvalue weighted by molar-refractivity contribution is 7.80. The van der Waals surface area contributed by atoms with Crippen molar-refractivity contribution in [2.45, 2.75) is 18.6 Å². The van der Waals surface area contributed by atoms with E-state index in [2.05, 4.69) is 15.4 Å². The van der Waals surface area contributed by atoms with Gasteiger partial charge in [-0.2, -0.15) is 0 Å². The molecule has 2 aromatic carbocycles. The van der Waals surface area contributed by atoms with Crippen molar-refractivity contribution in [1.82, 2.24) is 10.6 Å². The monoisotopic (exact) mass is 425 g/mol. The number of alkyl carbamates (subject to hydrolysis) is 1. The minimum atomic E-state index is -2.85. The minimum absolute atomic E-state index is 0.0305. The van der Waals surface area contributed by atoms with Crippen LogP contribution in [-0.4, -0.2) is 37.8 Å². The van der Waals surface area contributed by atoms with Crippen molar-refractivity contribution in [2.24, 2.45) is 0 Å². The number of methoxy groups -OCH3 is 2. The van der Waals surface area contributed by atoms with Crippen LogP contribution in [0.4, 0.5) is 13.6 Å². The number of rotatable bonds is 6. The Morgan fingerprint density at radius 2 is 1.93 bits per heavy atom. The fraction of sp³-hybridized carbons (Fsp3) is 0.300. The van der Waals surface area contributed by atoms with Crippen LogP contribution < -0.4 is 20.1 Å². The fourth-order valence-electron chi connectivity index (χ4n) is 3.07. The summed E-state index contributed by atoms with van der Waals surface area (Å²) in [5, 5.41) is 5.34. The molecular formula is C20H20F2N2O4S. The van der Waals surface area contributed by atoms with Gasteiger partial charge in [-0.15, -0.1) is 0 Å². The summed E-state index contributed by atoms with van der Waals surface area (Å²) >= 11 is 5.19. The van der Waals surface area contributed by atoms with Crippen LogP contribution in [0, 0.1) is 11.6 Å². The highest BCUT2D eigenvalue weighted by Crippen LogP contribution is 2.31. The van der Waals surface area contributed by atoms with Gasteiger partial charge in [0, 0.05) is 30.2 Å². The molecule has 1 saturated heterocycles. The van der Waals surface area contributed by atoms with Gasteiger partial charge in [0.1, 0.15) is 29.7 Å². The molecule has 0 bridgehead atoms. The summed E-state index contributed by atoms with van der Waals surface area (Å²) in [4.78, 5) is 12.5. The standard InChI is InChI=1S/C20H20F2N2O4S/c1-26-12-5-3-11(4-6-12)10-28-20(25)24-18-14(9-23-19(18)29)17-15(21)7-13(27-2)8-16(17)22/h3-8,14,18H,9-10H2,1-2H3,(H,23,29)(H,24,25)/t14-,18-/m0/s1/i2D3. The highest BCUT2D eigenvalue weighted by Gasteiger charge is 2.38. The largest absolute Gasteiger partial charge is 0.497 e. The molecule has 154 valence electrons. The summed E-state index contributed by atoms with van der Waals surface area (Å²) in [6.07, 6.45) is -0.815. The van der Waals surface area contributed by atoms with Gasteiger partial charge >= 0.3 is 6.09 Å². The van der Waals surface area contributed by atoms with Gasteiger partial charge in [-0.05, 0) is 17.7 Å². The second-order valence-electron chi connectivity index (χ2n) is 6.30. The first-order valence-electron chi connectivity index (χ1n) is 10.1. The Balaban J connectivity index is 1.70. The van der Waals surface area contributed by atoms with Crippen LogP contribution in [0.5, 0.6) is 11.5 Å². The number of nitrogens with one attached hydrogen (secondary N) is 2. The molecule has 1 aliphatic rings. The molecule has 1 fully saturated rings. The molecule has 0 spiro atoms. The number of carbonyl (C=O) groups excluding carboxylic acids is 1. The normalized spacial score (nSPS) is 20.1. The average Bonchev–Trinajstić information content (AvgIpc) is 3.05. The topological polar surface area (TPSA) is 68.8 Å². The molecule has 0 saturated carbocycles. The molecule has 2 aromatic rings. The quantitative estimate of drug-likeness (QED) is 0.693. The van der Waals surface area contributed by atoms with Crippen LogP contribution in [0.15, 0.2) is 36.4 Å². The lowest BCUT2D eigenvalue weighted by atomic mass is 9.93. The van der Waals surface area contributed by atoms with E-state index in [1.165, 1.54) is 7.11 Å². The van der Waals surface area contributed by atoms with Gasteiger partial charge < -0.3 is 24.8 Å². The summed E-state index contributed by atoms with van der Waals surface area (Å²) in [5.74, 6) is -2.72. The molecule has 0 unspecified atom stereocenters. The predicted octanol–water partition coefficient (Wildman–Crippen LogP) is 3.29. The number of benzene rings is 2. The zero-order chi connectivity index (χ0) is 23.5. The Labute approximate surface area is 176 Å². The van der Waals surface area contributed by atoms with Gasteiger partial charge in [0.05, 0.1) is 29.3 Å². The first-order valence-corrected chi connectivity index (χ1v) is 9.00. The third-order valence-electron chi connectivity index (χ3n) is 4.52. The number of halogens is 2. The maximum Gasteiger partial charge on any atom is 0.408 e. The first kappa shape index (κ1) is 17.0. The van der Waals surface area contributed by atoms with E-state index in [-0.39, 0.29) is 23.7 Å². The van der Waals surface area contributed by atoms with Crippen LogP contribution in [0.1, 0.15) is 21.2 Å². The molecular weight excluding hydrogens is 402 g/mol. The molecule has 1 heterocycles. The van der Waals surface area contributed by atoms with E-state index in [4.69, 9.17) is 25.8 Å². The SMILES string of the molecule is [2H]C([2H])([2H])Oc1cc(F)c([C@@H]2CNC(=S)[C@H]2NC(=O)OCc2ccc(OC)cc2)c(F)c1. The van der Waals surface area contributed by atoms with Crippen molar-refractivity contribution in [3.63, 3.8) is 0 Å². The van der Waals surface area contributed by atoms with Gasteiger partial charge in [0.15, 0.2) is 0 Å². The molecule has 0 radical (unpaired) electrons. The predicted molar refractivity (Wildman–Crippen MR) is 106 cm³/mol. The zero-order valence-corrected chi connectivity index (χ0v) is 16.1. The molecule has 6 nitrogen and oxygen atoms in total. The van der Waals surface area contributed by atoms with Crippen molar-refractivity contribution in [1.29, 1.82) is 0 Å². The van der Waals surface area contributed by atoms with Gasteiger partial charge in [0.25, 0.3) is 0 Å². The maximum absolute atomic E-state index is 14.7. The van der Waals surface area contributed by atoms with E-state index in [1.807, 2.05) is 0 Å². The number of thiocarbonyl (C=S) groups is 1. The lowest BCUT2D eigenvalue weighted by Gasteiger charge is -2.21. The molecule has 29 heavy (non-hydrogen) atoms. The zero-order valence-electron chi connectivity index (χ0n) is 18.3. The lowest BCUT2D eigenvalue weighted by molar-refractivity contribution is 0.137. The summed E-state index contributed by atoms with van der Waals surface area (Å²) < 4.78 is 65.3. The Kier molecular flexibility index (Phi) is 5.29. The molecule has 2 N–H and O–H groups in total. The number of hydrogen-bond donors (Lipinski definition) is 2. The van der Waals surface area contributed by atoms with E-state index in [0.717, 1.165) is 12.1 Å². The molecule has 1 amide bonds. The van der Waals surface area contributed by atoms with Gasteiger partial charge in [-0.1, -0.05) is 24.4 Å². The molecule has 3 rings (SSSR count). The third-order valence-corrected chi connectivity index (χ3v) is 4.92. The van der Waals surface area contributed by atoms with E-state index in [9.17, 15) is 13.6 Å². The van der Waals surface area contributed by atoms with E-state index < -0.39 is 42.5 Å². The minimum Gasteiger partial charge on any atom is -0.497 e. The van der Waals surface area contributed by atoms with Gasteiger partial charge in [-0.3, -0.25) is 0 Å². The molecule has 2 atom stereocenters. The summed E-state index contributed by atoms with van der Waals surface area (Å²) in [6.45, 7) is 0.0346. The number of ether oxygens (including phenoxy) is 3. The Bertz CT molecular complexity index is 982. The Morgan fingerprint density at radius 3 is 2.55 bits per heavy atom. The summed E-state index contributed by atoms with van der Waals surface area (Å²) in [7, 11) is -1.32.